The van der Waals surface area contributed by atoms with Crippen molar-refractivity contribution in [3.63, 3.8) is 0 Å². The minimum Gasteiger partial charge on any atom is -0.494 e. The molecule has 1 N–H and O–H groups in total. The maximum Gasteiger partial charge on any atom is 0.338 e. The highest BCUT2D eigenvalue weighted by Crippen LogP contribution is 2.39. The lowest BCUT2D eigenvalue weighted by molar-refractivity contribution is -0.138. The van der Waals surface area contributed by atoms with Crippen molar-refractivity contribution in [1.29, 1.82) is 0 Å². The minimum atomic E-state index is -0.487. The zero-order valence-electron chi connectivity index (χ0n) is 14.2. The molecule has 25 heavy (non-hydrogen) atoms. The number of benzene rings is 1. The van der Waals surface area contributed by atoms with Gasteiger partial charge in [-0.1, -0.05) is 30.9 Å². The maximum absolute atomic E-state index is 12.7. The van der Waals surface area contributed by atoms with Gasteiger partial charge in [-0.05, 0) is 19.9 Å². The quantitative estimate of drug-likeness (QED) is 0.643. The third-order valence-electron chi connectivity index (χ3n) is 3.86. The van der Waals surface area contributed by atoms with Gasteiger partial charge < -0.3 is 14.8 Å². The smallest absolute Gasteiger partial charge is 0.338 e. The van der Waals surface area contributed by atoms with E-state index in [0.717, 1.165) is 5.56 Å². The molecule has 2 aromatic rings. The van der Waals surface area contributed by atoms with Crippen LogP contribution >= 0.6 is 0 Å². The van der Waals surface area contributed by atoms with Crippen molar-refractivity contribution >= 4 is 11.9 Å². The molecule has 1 aliphatic heterocycles. The number of esters is 1. The van der Waals surface area contributed by atoms with Crippen molar-refractivity contribution in [2.45, 2.75) is 19.9 Å². The molecule has 0 saturated carbocycles. The Morgan fingerprint density at radius 2 is 2.24 bits per heavy atom. The van der Waals surface area contributed by atoms with Gasteiger partial charge in [-0.3, -0.25) is 0 Å². The normalized spacial score (nSPS) is 16.0. The summed E-state index contributed by atoms with van der Waals surface area (Å²) >= 11 is 0. The molecule has 3 rings (SSSR count). The molecular formula is C18H20N4O3. The van der Waals surface area contributed by atoms with Crippen molar-refractivity contribution in [3.8, 4) is 5.75 Å². The van der Waals surface area contributed by atoms with Gasteiger partial charge in [0, 0.05) is 11.3 Å². The molecule has 0 amide bonds. The van der Waals surface area contributed by atoms with Gasteiger partial charge in [0.25, 0.3) is 0 Å². The van der Waals surface area contributed by atoms with Crippen LogP contribution in [-0.4, -0.2) is 33.9 Å². The van der Waals surface area contributed by atoms with E-state index in [0.29, 0.717) is 29.6 Å². The van der Waals surface area contributed by atoms with E-state index < -0.39 is 12.0 Å². The number of rotatable bonds is 6. The summed E-state index contributed by atoms with van der Waals surface area (Å²) in [6, 6.07) is 7.10. The van der Waals surface area contributed by atoms with E-state index in [1.54, 1.807) is 4.68 Å². The van der Waals surface area contributed by atoms with Crippen molar-refractivity contribution in [2.75, 3.05) is 18.5 Å². The molecule has 2 heterocycles. The third-order valence-corrected chi connectivity index (χ3v) is 3.86. The van der Waals surface area contributed by atoms with Gasteiger partial charge in [0.15, 0.2) is 0 Å². The van der Waals surface area contributed by atoms with Crippen molar-refractivity contribution < 1.29 is 14.3 Å². The predicted octanol–water partition coefficient (Wildman–Crippen LogP) is 2.69. The number of hydrogen-bond donors (Lipinski definition) is 1. The second-order valence-corrected chi connectivity index (χ2v) is 5.45. The van der Waals surface area contributed by atoms with E-state index in [2.05, 4.69) is 22.0 Å². The summed E-state index contributed by atoms with van der Waals surface area (Å²) in [4.78, 5) is 16.9. The summed E-state index contributed by atoms with van der Waals surface area (Å²) in [6.45, 7) is 7.98. The molecule has 130 valence electrons. The highest BCUT2D eigenvalue weighted by molar-refractivity contribution is 5.92. The average Bonchev–Trinajstić information content (AvgIpc) is 3.07. The van der Waals surface area contributed by atoms with Crippen LogP contribution in [-0.2, 0) is 9.53 Å². The van der Waals surface area contributed by atoms with Crippen LogP contribution in [0.15, 0.2) is 54.5 Å². The number of nitrogens with zero attached hydrogens (tertiary/aromatic N) is 3. The standard InChI is InChI=1S/C18H20N4O3/c1-4-10-25-17(23)15-12(3)21-18-19-11-20-22(18)16(15)13-8-6-7-9-14(13)24-5-2/h4,6-9,11,16H,1,5,10H2,2-3H3,(H,19,20,21). The zero-order valence-corrected chi connectivity index (χ0v) is 14.2. The van der Waals surface area contributed by atoms with Crippen molar-refractivity contribution in [1.82, 2.24) is 14.8 Å². The first-order chi connectivity index (χ1) is 12.2. The Morgan fingerprint density at radius 1 is 1.44 bits per heavy atom. The number of para-hydroxylation sites is 1. The fourth-order valence-electron chi connectivity index (χ4n) is 2.85. The number of carbonyl (C=O) groups excluding carboxylic acids is 1. The van der Waals surface area contributed by atoms with E-state index in [1.807, 2.05) is 38.1 Å². The second kappa shape index (κ2) is 7.21. The average molecular weight is 340 g/mol. The lowest BCUT2D eigenvalue weighted by atomic mass is 9.95. The highest BCUT2D eigenvalue weighted by atomic mass is 16.5. The maximum atomic E-state index is 12.7. The summed E-state index contributed by atoms with van der Waals surface area (Å²) < 4.78 is 12.7. The summed E-state index contributed by atoms with van der Waals surface area (Å²) in [7, 11) is 0. The van der Waals surface area contributed by atoms with Gasteiger partial charge in [0.05, 0.1) is 12.2 Å². The number of allylic oxidation sites excluding steroid dienone is 1. The molecule has 0 aliphatic carbocycles. The van der Waals surface area contributed by atoms with Crippen molar-refractivity contribution in [2.24, 2.45) is 0 Å². The minimum absolute atomic E-state index is 0.139. The molecule has 0 fully saturated rings. The number of hydrogen-bond acceptors (Lipinski definition) is 6. The molecule has 1 aliphatic rings. The number of anilines is 1. The molecule has 0 saturated heterocycles. The summed E-state index contributed by atoms with van der Waals surface area (Å²) in [5.74, 6) is 0.830. The summed E-state index contributed by atoms with van der Waals surface area (Å²) in [6.07, 6.45) is 2.98. The topological polar surface area (TPSA) is 78.3 Å². The lowest BCUT2D eigenvalue weighted by Crippen LogP contribution is -2.30. The Balaban J connectivity index is 2.13. The van der Waals surface area contributed by atoms with E-state index in [9.17, 15) is 4.79 Å². The van der Waals surface area contributed by atoms with Crippen LogP contribution in [0.5, 0.6) is 5.75 Å². The fraction of sp³-hybridized carbons (Fsp3) is 0.278. The molecule has 7 nitrogen and oxygen atoms in total. The largest absolute Gasteiger partial charge is 0.494 e. The van der Waals surface area contributed by atoms with Gasteiger partial charge in [0.1, 0.15) is 24.7 Å². The first-order valence-electron chi connectivity index (χ1n) is 8.04. The molecule has 1 aromatic heterocycles. The zero-order chi connectivity index (χ0) is 17.8. The third kappa shape index (κ3) is 3.13. The molecular weight excluding hydrogens is 320 g/mol. The Bertz CT molecular complexity index is 825. The van der Waals surface area contributed by atoms with Crippen LogP contribution < -0.4 is 10.1 Å². The van der Waals surface area contributed by atoms with Gasteiger partial charge >= 0.3 is 5.97 Å². The summed E-state index contributed by atoms with van der Waals surface area (Å²) in [5, 5.41) is 7.39. The van der Waals surface area contributed by atoms with Gasteiger partial charge in [0.2, 0.25) is 5.95 Å². The fourth-order valence-corrected chi connectivity index (χ4v) is 2.85. The molecule has 0 radical (unpaired) electrons. The molecule has 1 atom stereocenters. The van der Waals surface area contributed by atoms with Crippen molar-refractivity contribution in [3.05, 3.63) is 60.1 Å². The number of nitrogens with one attached hydrogen (secondary N) is 1. The predicted molar refractivity (Wildman–Crippen MR) is 93.3 cm³/mol. The molecule has 1 unspecified atom stereocenters. The highest BCUT2D eigenvalue weighted by Gasteiger charge is 2.35. The van der Waals surface area contributed by atoms with E-state index >= 15 is 0 Å². The summed E-state index contributed by atoms with van der Waals surface area (Å²) in [5.41, 5.74) is 1.96. The van der Waals surface area contributed by atoms with Crippen LogP contribution in [0.2, 0.25) is 0 Å². The number of carbonyl (C=O) groups is 1. The second-order valence-electron chi connectivity index (χ2n) is 5.45. The number of aromatic nitrogens is 3. The van der Waals surface area contributed by atoms with Gasteiger partial charge in [-0.15, -0.1) is 0 Å². The van der Waals surface area contributed by atoms with E-state index in [-0.39, 0.29) is 6.61 Å². The SMILES string of the molecule is C=CCOC(=O)C1=C(C)Nc2ncnn2C1c1ccccc1OCC. The number of fused-ring (bicyclic) bond motifs is 1. The van der Waals surface area contributed by atoms with E-state index in [1.165, 1.54) is 12.4 Å². The molecule has 7 heteroatoms. The lowest BCUT2D eigenvalue weighted by Gasteiger charge is -2.29. The van der Waals surface area contributed by atoms with Gasteiger partial charge in [-0.25, -0.2) is 9.48 Å². The van der Waals surface area contributed by atoms with Crippen LogP contribution in [0.1, 0.15) is 25.5 Å². The number of ether oxygens (including phenoxy) is 2. The first-order valence-corrected chi connectivity index (χ1v) is 8.04. The van der Waals surface area contributed by atoms with Crippen LogP contribution in [0.25, 0.3) is 0 Å². The Kier molecular flexibility index (Phi) is 4.83. The monoisotopic (exact) mass is 340 g/mol. The Morgan fingerprint density at radius 3 is 3.00 bits per heavy atom. The first kappa shape index (κ1) is 16.8. The molecule has 1 aromatic carbocycles. The van der Waals surface area contributed by atoms with Crippen LogP contribution in [0, 0.1) is 0 Å². The Labute approximate surface area is 146 Å². The molecule has 0 spiro atoms. The van der Waals surface area contributed by atoms with Crippen LogP contribution in [0.3, 0.4) is 0 Å². The molecule has 0 bridgehead atoms. The van der Waals surface area contributed by atoms with E-state index in [4.69, 9.17) is 9.47 Å². The Hall–Kier alpha value is -3.09. The van der Waals surface area contributed by atoms with Crippen LogP contribution in [0.4, 0.5) is 5.95 Å². The van der Waals surface area contributed by atoms with Gasteiger partial charge in [-0.2, -0.15) is 10.1 Å².